The molecule has 0 radical (unpaired) electrons. The molecule has 0 aliphatic rings. The molecule has 1 heterocycles. The van der Waals surface area contributed by atoms with Gasteiger partial charge in [0.25, 0.3) is 5.56 Å². The van der Waals surface area contributed by atoms with Gasteiger partial charge in [0.1, 0.15) is 0 Å². The first kappa shape index (κ1) is 16.2. The zero-order chi connectivity index (χ0) is 15.0. The molecule has 0 aliphatic carbocycles. The van der Waals surface area contributed by atoms with E-state index >= 15 is 0 Å². The van der Waals surface area contributed by atoms with Crippen LogP contribution in [0.4, 0.5) is 5.82 Å². The molecule has 0 saturated carbocycles. The number of nitrogens with zero attached hydrogens (tertiary/aromatic N) is 2. The van der Waals surface area contributed by atoms with E-state index in [0.717, 1.165) is 19.3 Å². The summed E-state index contributed by atoms with van der Waals surface area (Å²) in [6.45, 7) is 4.58. The first-order valence-electron chi connectivity index (χ1n) is 7.05. The third-order valence-corrected chi connectivity index (χ3v) is 3.03. The van der Waals surface area contributed by atoms with E-state index in [9.17, 15) is 9.59 Å². The Kier molecular flexibility index (Phi) is 6.76. The quantitative estimate of drug-likeness (QED) is 0.678. The molecule has 0 bridgehead atoms. The highest BCUT2D eigenvalue weighted by atomic mass is 16.4. The Labute approximate surface area is 118 Å². The first-order chi connectivity index (χ1) is 9.52. The summed E-state index contributed by atoms with van der Waals surface area (Å²) < 4.78 is 1.64. The van der Waals surface area contributed by atoms with E-state index in [0.29, 0.717) is 18.8 Å². The fraction of sp³-hybridized carbons (Fsp3) is 0.643. The van der Waals surface area contributed by atoms with E-state index in [4.69, 9.17) is 5.11 Å². The van der Waals surface area contributed by atoms with Crippen molar-refractivity contribution in [3.8, 4) is 0 Å². The second-order valence-corrected chi connectivity index (χ2v) is 5.07. The molecule has 2 N–H and O–H groups in total. The van der Waals surface area contributed by atoms with Crippen molar-refractivity contribution in [1.29, 1.82) is 0 Å². The minimum atomic E-state index is -0.745. The van der Waals surface area contributed by atoms with Crippen molar-refractivity contribution in [2.24, 2.45) is 0 Å². The number of aliphatic carboxylic acids is 1. The van der Waals surface area contributed by atoms with Crippen molar-refractivity contribution in [3.63, 3.8) is 0 Å². The van der Waals surface area contributed by atoms with Crippen LogP contribution in [0.5, 0.6) is 0 Å². The molecule has 0 amide bonds. The number of carboxylic acids is 1. The van der Waals surface area contributed by atoms with Crippen molar-refractivity contribution < 1.29 is 9.90 Å². The number of anilines is 1. The summed E-state index contributed by atoms with van der Waals surface area (Å²) in [5, 5.41) is 11.6. The highest BCUT2D eigenvalue weighted by Crippen LogP contribution is 2.04. The average Bonchev–Trinajstić information content (AvgIpc) is 2.38. The van der Waals surface area contributed by atoms with Gasteiger partial charge in [0.05, 0.1) is 0 Å². The molecule has 1 rings (SSSR count). The Bertz CT molecular complexity index is 483. The number of carbonyl (C=O) groups is 1. The maximum Gasteiger partial charge on any atom is 0.303 e. The van der Waals surface area contributed by atoms with Crippen molar-refractivity contribution in [3.05, 3.63) is 22.7 Å². The summed E-state index contributed by atoms with van der Waals surface area (Å²) in [7, 11) is 0. The van der Waals surface area contributed by atoms with Crippen molar-refractivity contribution in [2.75, 3.05) is 11.9 Å². The molecule has 1 aromatic rings. The minimum Gasteiger partial charge on any atom is -0.481 e. The van der Waals surface area contributed by atoms with Gasteiger partial charge in [-0.15, -0.1) is 0 Å². The average molecular weight is 281 g/mol. The van der Waals surface area contributed by atoms with Crippen LogP contribution < -0.4 is 10.9 Å². The minimum absolute atomic E-state index is 0.103. The fourth-order valence-corrected chi connectivity index (χ4v) is 1.91. The van der Waals surface area contributed by atoms with Crippen LogP contribution in [0.25, 0.3) is 0 Å². The van der Waals surface area contributed by atoms with Gasteiger partial charge in [-0.25, -0.2) is 4.98 Å². The number of hydrogen-bond acceptors (Lipinski definition) is 4. The normalized spacial score (nSPS) is 10.8. The number of unbranched alkanes of at least 4 members (excludes halogenated alkanes) is 3. The van der Waals surface area contributed by atoms with Crippen molar-refractivity contribution in [2.45, 2.75) is 52.0 Å². The lowest BCUT2D eigenvalue weighted by Crippen LogP contribution is -2.25. The monoisotopic (exact) mass is 281 g/mol. The van der Waals surface area contributed by atoms with Crippen molar-refractivity contribution in [1.82, 2.24) is 9.55 Å². The van der Waals surface area contributed by atoms with E-state index in [1.807, 2.05) is 13.8 Å². The zero-order valence-corrected chi connectivity index (χ0v) is 12.1. The maximum absolute atomic E-state index is 12.0. The van der Waals surface area contributed by atoms with Gasteiger partial charge in [-0.2, -0.15) is 0 Å². The molecule has 6 nitrogen and oxygen atoms in total. The second kappa shape index (κ2) is 8.35. The molecule has 112 valence electrons. The lowest BCUT2D eigenvalue weighted by Gasteiger charge is -2.11. The van der Waals surface area contributed by atoms with Crippen LogP contribution >= 0.6 is 0 Å². The van der Waals surface area contributed by atoms with Gasteiger partial charge >= 0.3 is 5.97 Å². The third-order valence-electron chi connectivity index (χ3n) is 3.03. The van der Waals surface area contributed by atoms with Crippen LogP contribution in [0.15, 0.2) is 17.2 Å². The predicted octanol–water partition coefficient (Wildman–Crippen LogP) is 2.27. The van der Waals surface area contributed by atoms with Crippen LogP contribution in [0.1, 0.15) is 52.0 Å². The third kappa shape index (κ3) is 5.42. The fourth-order valence-electron chi connectivity index (χ4n) is 1.91. The van der Waals surface area contributed by atoms with Gasteiger partial charge < -0.3 is 15.0 Å². The Hall–Kier alpha value is -1.85. The van der Waals surface area contributed by atoms with Crippen LogP contribution in [0.3, 0.4) is 0 Å². The molecule has 0 saturated heterocycles. The Morgan fingerprint density at radius 1 is 1.35 bits per heavy atom. The number of aromatic nitrogens is 2. The van der Waals surface area contributed by atoms with Crippen molar-refractivity contribution >= 4 is 11.8 Å². The van der Waals surface area contributed by atoms with Gasteiger partial charge in [-0.05, 0) is 26.7 Å². The molecule has 0 spiro atoms. The summed E-state index contributed by atoms with van der Waals surface area (Å²) in [6, 6.07) is 0.113. The molecule has 20 heavy (non-hydrogen) atoms. The van der Waals surface area contributed by atoms with E-state index in [2.05, 4.69) is 10.3 Å². The summed E-state index contributed by atoms with van der Waals surface area (Å²) in [5.74, 6) is -0.363. The Morgan fingerprint density at radius 2 is 2.05 bits per heavy atom. The van der Waals surface area contributed by atoms with Gasteiger partial charge in [0, 0.05) is 31.4 Å². The van der Waals surface area contributed by atoms with E-state index in [1.165, 1.54) is 0 Å². The maximum atomic E-state index is 12.0. The molecule has 0 fully saturated rings. The molecule has 6 heteroatoms. The van der Waals surface area contributed by atoms with Crippen LogP contribution in [0.2, 0.25) is 0 Å². The molecule has 0 aromatic carbocycles. The summed E-state index contributed by atoms with van der Waals surface area (Å²) in [6.07, 6.45) is 6.99. The number of hydrogen-bond donors (Lipinski definition) is 2. The predicted molar refractivity (Wildman–Crippen MR) is 78.1 cm³/mol. The smallest absolute Gasteiger partial charge is 0.303 e. The number of carboxylic acid groups (broad SMARTS) is 1. The van der Waals surface area contributed by atoms with Gasteiger partial charge in [0.2, 0.25) is 0 Å². The Morgan fingerprint density at radius 3 is 2.70 bits per heavy atom. The van der Waals surface area contributed by atoms with E-state index in [-0.39, 0.29) is 18.0 Å². The summed E-state index contributed by atoms with van der Waals surface area (Å²) >= 11 is 0. The van der Waals surface area contributed by atoms with E-state index < -0.39 is 5.97 Å². The van der Waals surface area contributed by atoms with Gasteiger partial charge in [-0.3, -0.25) is 9.59 Å². The summed E-state index contributed by atoms with van der Waals surface area (Å²) in [4.78, 5) is 26.4. The molecular weight excluding hydrogens is 258 g/mol. The highest BCUT2D eigenvalue weighted by Gasteiger charge is 2.06. The van der Waals surface area contributed by atoms with Crippen LogP contribution in [0, 0.1) is 0 Å². The molecule has 0 aliphatic heterocycles. The molecular formula is C14H23N3O3. The van der Waals surface area contributed by atoms with E-state index in [1.54, 1.807) is 17.0 Å². The van der Waals surface area contributed by atoms with Crippen LogP contribution in [-0.2, 0) is 4.79 Å². The molecule has 0 atom stereocenters. The standard InChI is InChI=1S/C14H23N3O3/c1-11(2)17-10-9-16-13(14(17)20)15-8-6-4-3-5-7-12(18)19/h9-11H,3-8H2,1-2H3,(H,15,16)(H,18,19). The number of rotatable bonds is 9. The lowest BCUT2D eigenvalue weighted by molar-refractivity contribution is -0.137. The van der Waals surface area contributed by atoms with Gasteiger partial charge in [0.15, 0.2) is 5.82 Å². The zero-order valence-electron chi connectivity index (χ0n) is 12.1. The summed E-state index contributed by atoms with van der Waals surface area (Å²) in [5.41, 5.74) is -0.103. The highest BCUT2D eigenvalue weighted by molar-refractivity contribution is 5.66. The largest absolute Gasteiger partial charge is 0.481 e. The molecule has 0 unspecified atom stereocenters. The van der Waals surface area contributed by atoms with Crippen LogP contribution in [-0.4, -0.2) is 27.2 Å². The number of nitrogens with one attached hydrogen (secondary N) is 1. The van der Waals surface area contributed by atoms with Gasteiger partial charge in [-0.1, -0.05) is 12.8 Å². The first-order valence-corrected chi connectivity index (χ1v) is 7.05. The second-order valence-electron chi connectivity index (χ2n) is 5.07. The SMILES string of the molecule is CC(C)n1ccnc(NCCCCCCC(=O)O)c1=O. The molecule has 1 aromatic heterocycles. The Balaban J connectivity index is 2.31. The topological polar surface area (TPSA) is 84.2 Å². The lowest BCUT2D eigenvalue weighted by atomic mass is 10.1.